The summed E-state index contributed by atoms with van der Waals surface area (Å²) in [5.74, 6) is 0.722. The first-order chi connectivity index (χ1) is 9.22. The van der Waals surface area contributed by atoms with Crippen LogP contribution in [-0.4, -0.2) is 29.4 Å². The van der Waals surface area contributed by atoms with Crippen molar-refractivity contribution in [3.05, 3.63) is 21.6 Å². The van der Waals surface area contributed by atoms with Gasteiger partial charge in [-0.2, -0.15) is 5.10 Å². The third-order valence-electron chi connectivity index (χ3n) is 3.45. The van der Waals surface area contributed by atoms with Crippen LogP contribution >= 0.6 is 11.6 Å². The normalized spacial score (nSPS) is 18.7. The van der Waals surface area contributed by atoms with Crippen LogP contribution in [0.4, 0.5) is 5.69 Å². The minimum absolute atomic E-state index is 0.212. The molecule has 0 saturated carbocycles. The highest BCUT2D eigenvalue weighted by molar-refractivity contribution is 6.32. The van der Waals surface area contributed by atoms with Gasteiger partial charge in [-0.3, -0.25) is 4.79 Å². The summed E-state index contributed by atoms with van der Waals surface area (Å²) in [6.45, 7) is 5.63. The van der Waals surface area contributed by atoms with Gasteiger partial charge in [-0.1, -0.05) is 18.5 Å². The number of hydrogen-bond donors (Lipinski definition) is 2. The molecule has 0 aliphatic carbocycles. The first-order valence-electron chi connectivity index (χ1n) is 6.92. The molecule has 1 atom stereocenters. The first kappa shape index (κ1) is 14.3. The Bertz CT molecular complexity index is 468. The van der Waals surface area contributed by atoms with E-state index in [1.807, 2.05) is 6.92 Å². The maximum Gasteiger partial charge on any atom is 0.287 e. The van der Waals surface area contributed by atoms with Gasteiger partial charge < -0.3 is 10.6 Å². The number of anilines is 1. The first-order valence-corrected chi connectivity index (χ1v) is 7.30. The average molecular weight is 285 g/mol. The molecule has 0 amide bonds. The summed E-state index contributed by atoms with van der Waals surface area (Å²) in [5.41, 5.74) is 0.432. The number of hydrogen-bond acceptors (Lipinski definition) is 4. The molecule has 1 aromatic heterocycles. The van der Waals surface area contributed by atoms with E-state index in [1.54, 1.807) is 6.20 Å². The monoisotopic (exact) mass is 284 g/mol. The molecule has 1 aliphatic heterocycles. The van der Waals surface area contributed by atoms with Crippen molar-refractivity contribution >= 4 is 17.3 Å². The van der Waals surface area contributed by atoms with Gasteiger partial charge in [0.25, 0.3) is 5.56 Å². The number of aryl methyl sites for hydroxylation is 1. The van der Waals surface area contributed by atoms with Crippen LogP contribution in [0, 0.1) is 5.92 Å². The molecule has 2 N–H and O–H groups in total. The minimum Gasteiger partial charge on any atom is -0.382 e. The van der Waals surface area contributed by atoms with Gasteiger partial charge in [0.15, 0.2) is 0 Å². The molecule has 1 unspecified atom stereocenters. The standard InChI is InChI=1S/C13H21ClN4O/c1-2-7-18-13(19)12(14)11(9-17-18)16-6-4-10-3-5-15-8-10/h9-10,15-16H,2-8H2,1H3. The Morgan fingerprint density at radius 1 is 1.63 bits per heavy atom. The number of nitrogens with zero attached hydrogens (tertiary/aromatic N) is 2. The van der Waals surface area contributed by atoms with E-state index in [2.05, 4.69) is 15.7 Å². The maximum absolute atomic E-state index is 11.9. The Labute approximate surface area is 118 Å². The van der Waals surface area contributed by atoms with E-state index in [0.29, 0.717) is 12.2 Å². The smallest absolute Gasteiger partial charge is 0.287 e. The lowest BCUT2D eigenvalue weighted by atomic mass is 10.1. The quantitative estimate of drug-likeness (QED) is 0.835. The van der Waals surface area contributed by atoms with Crippen LogP contribution in [0.3, 0.4) is 0 Å². The highest BCUT2D eigenvalue weighted by atomic mass is 35.5. The topological polar surface area (TPSA) is 59.0 Å². The summed E-state index contributed by atoms with van der Waals surface area (Å²) in [5, 5.41) is 10.9. The van der Waals surface area contributed by atoms with Crippen LogP contribution in [0.15, 0.2) is 11.0 Å². The van der Waals surface area contributed by atoms with Crippen molar-refractivity contribution < 1.29 is 0 Å². The molecule has 106 valence electrons. The minimum atomic E-state index is -0.212. The van der Waals surface area contributed by atoms with Crippen molar-refractivity contribution in [1.82, 2.24) is 15.1 Å². The van der Waals surface area contributed by atoms with E-state index in [0.717, 1.165) is 38.4 Å². The largest absolute Gasteiger partial charge is 0.382 e. The molecule has 6 heteroatoms. The fourth-order valence-corrected chi connectivity index (χ4v) is 2.54. The van der Waals surface area contributed by atoms with Crippen LogP contribution < -0.4 is 16.2 Å². The zero-order valence-electron chi connectivity index (χ0n) is 11.3. The lowest BCUT2D eigenvalue weighted by molar-refractivity contribution is 0.547. The summed E-state index contributed by atoms with van der Waals surface area (Å²) in [6.07, 6.45) is 4.82. The molecule has 1 aliphatic rings. The predicted octanol–water partition coefficient (Wildman–Crippen LogP) is 1.72. The Kier molecular flexibility index (Phi) is 5.22. The SMILES string of the molecule is CCCn1ncc(NCCC2CCNC2)c(Cl)c1=O. The zero-order valence-corrected chi connectivity index (χ0v) is 12.0. The van der Waals surface area contributed by atoms with Gasteiger partial charge in [-0.05, 0) is 38.3 Å². The second kappa shape index (κ2) is 6.91. The number of rotatable bonds is 6. The summed E-state index contributed by atoms with van der Waals surface area (Å²) >= 11 is 6.08. The number of aromatic nitrogens is 2. The van der Waals surface area contributed by atoms with Crippen molar-refractivity contribution in [2.24, 2.45) is 5.92 Å². The summed E-state index contributed by atoms with van der Waals surface area (Å²) in [7, 11) is 0. The van der Waals surface area contributed by atoms with Crippen LogP contribution in [0.25, 0.3) is 0 Å². The fourth-order valence-electron chi connectivity index (χ4n) is 2.33. The van der Waals surface area contributed by atoms with Gasteiger partial charge in [-0.25, -0.2) is 4.68 Å². The van der Waals surface area contributed by atoms with Crippen LogP contribution in [0.1, 0.15) is 26.2 Å². The predicted molar refractivity (Wildman–Crippen MR) is 77.9 cm³/mol. The Hall–Kier alpha value is -1.07. The van der Waals surface area contributed by atoms with Gasteiger partial charge in [0.2, 0.25) is 0 Å². The zero-order chi connectivity index (χ0) is 13.7. The number of nitrogens with one attached hydrogen (secondary N) is 2. The van der Waals surface area contributed by atoms with Gasteiger partial charge in [0.1, 0.15) is 5.02 Å². The van der Waals surface area contributed by atoms with Gasteiger partial charge in [0, 0.05) is 13.1 Å². The summed E-state index contributed by atoms with van der Waals surface area (Å²) in [6, 6.07) is 0. The highest BCUT2D eigenvalue weighted by Gasteiger charge is 2.14. The average Bonchev–Trinajstić information content (AvgIpc) is 2.91. The van der Waals surface area contributed by atoms with Gasteiger partial charge in [0.05, 0.1) is 11.9 Å². The third kappa shape index (κ3) is 3.70. The van der Waals surface area contributed by atoms with Gasteiger partial charge in [-0.15, -0.1) is 0 Å². The molecule has 0 spiro atoms. The molecule has 1 fully saturated rings. The second-order valence-corrected chi connectivity index (χ2v) is 5.35. The third-order valence-corrected chi connectivity index (χ3v) is 3.82. The lowest BCUT2D eigenvalue weighted by Crippen LogP contribution is -2.24. The van der Waals surface area contributed by atoms with Crippen LogP contribution in [-0.2, 0) is 6.54 Å². The summed E-state index contributed by atoms with van der Waals surface area (Å²) < 4.78 is 1.41. The van der Waals surface area contributed by atoms with Crippen LogP contribution in [0.5, 0.6) is 0 Å². The Balaban J connectivity index is 1.92. The van der Waals surface area contributed by atoms with E-state index in [4.69, 9.17) is 11.6 Å². The van der Waals surface area contributed by atoms with Crippen molar-refractivity contribution in [2.45, 2.75) is 32.7 Å². The number of halogens is 1. The Morgan fingerprint density at radius 3 is 3.16 bits per heavy atom. The molecule has 0 bridgehead atoms. The molecule has 1 saturated heterocycles. The maximum atomic E-state index is 11.9. The van der Waals surface area contributed by atoms with Crippen LogP contribution in [0.2, 0.25) is 5.02 Å². The summed E-state index contributed by atoms with van der Waals surface area (Å²) in [4.78, 5) is 11.9. The van der Waals surface area contributed by atoms with E-state index in [-0.39, 0.29) is 10.6 Å². The molecular formula is C13H21ClN4O. The molecule has 2 heterocycles. The van der Waals surface area contributed by atoms with E-state index in [9.17, 15) is 4.79 Å². The van der Waals surface area contributed by atoms with Crippen molar-refractivity contribution in [2.75, 3.05) is 25.0 Å². The van der Waals surface area contributed by atoms with E-state index >= 15 is 0 Å². The highest BCUT2D eigenvalue weighted by Crippen LogP contribution is 2.17. The van der Waals surface area contributed by atoms with Crippen molar-refractivity contribution in [3.63, 3.8) is 0 Å². The molecular weight excluding hydrogens is 264 g/mol. The fraction of sp³-hybridized carbons (Fsp3) is 0.692. The van der Waals surface area contributed by atoms with Crippen molar-refractivity contribution in [3.8, 4) is 0 Å². The molecule has 2 rings (SSSR count). The van der Waals surface area contributed by atoms with Gasteiger partial charge >= 0.3 is 0 Å². The lowest BCUT2D eigenvalue weighted by Gasteiger charge is -2.12. The molecule has 1 aromatic rings. The van der Waals surface area contributed by atoms with E-state index < -0.39 is 0 Å². The second-order valence-electron chi connectivity index (χ2n) is 4.97. The molecule has 19 heavy (non-hydrogen) atoms. The van der Waals surface area contributed by atoms with E-state index in [1.165, 1.54) is 11.1 Å². The Morgan fingerprint density at radius 2 is 2.47 bits per heavy atom. The molecule has 0 aromatic carbocycles. The molecule has 0 radical (unpaired) electrons. The molecule has 5 nitrogen and oxygen atoms in total. The van der Waals surface area contributed by atoms with Crippen molar-refractivity contribution in [1.29, 1.82) is 0 Å².